The first-order chi connectivity index (χ1) is 22.6. The minimum absolute atomic E-state index is 0.138. The molecule has 1 saturated carbocycles. The van der Waals surface area contributed by atoms with Crippen molar-refractivity contribution < 1.29 is 9.18 Å². The molecule has 0 atom stereocenters. The standard InChI is InChI=1S/C37H45FN8O/c1-23(2)45-22-41-31-19-30(43-34(33(31)45)42-29-8-12-40-20-28(29)38)24-6-7-27-32(16-24)46(35(47)37(27)10-13-39-14-11-37)26-17-25(18-26)44-15-5-9-36(3,4)21-44/h6-8,12,16,19-20,22-23,25-26,39H,5,9-11,13-15,17-18,21H2,1-4H3,(H,40,42,43)/t25-,26+. The Morgan fingerprint density at radius 2 is 1.87 bits per heavy atom. The Bertz CT molecular complexity index is 1840. The summed E-state index contributed by atoms with van der Waals surface area (Å²) in [5.41, 5.74) is 5.59. The third kappa shape index (κ3) is 5.11. The maximum absolute atomic E-state index is 14.8. The molecule has 8 rings (SSSR count). The average molecular weight is 637 g/mol. The summed E-state index contributed by atoms with van der Waals surface area (Å²) in [5.74, 6) is 0.348. The third-order valence-corrected chi connectivity index (χ3v) is 11.2. The predicted octanol–water partition coefficient (Wildman–Crippen LogP) is 6.58. The number of nitrogens with zero attached hydrogens (tertiary/aromatic N) is 6. The molecule has 2 N–H and O–H groups in total. The summed E-state index contributed by atoms with van der Waals surface area (Å²) in [6.07, 6.45) is 10.8. The number of hydrogen-bond donors (Lipinski definition) is 2. The van der Waals surface area contributed by atoms with Crippen molar-refractivity contribution in [2.75, 3.05) is 36.4 Å². The number of imidazole rings is 1. The van der Waals surface area contributed by atoms with E-state index in [0.29, 0.717) is 23.0 Å². The number of pyridine rings is 2. The Kier molecular flexibility index (Phi) is 7.37. The minimum Gasteiger partial charge on any atom is -0.336 e. The molecule has 2 saturated heterocycles. The zero-order chi connectivity index (χ0) is 32.5. The molecule has 0 bridgehead atoms. The number of carbonyl (C=O) groups is 1. The van der Waals surface area contributed by atoms with E-state index in [2.05, 4.69) is 71.3 Å². The average Bonchev–Trinajstić information content (AvgIpc) is 3.56. The van der Waals surface area contributed by atoms with E-state index < -0.39 is 11.2 Å². The monoisotopic (exact) mass is 636 g/mol. The Hall–Kier alpha value is -3.89. The second-order valence-corrected chi connectivity index (χ2v) is 15.2. The summed E-state index contributed by atoms with van der Waals surface area (Å²) in [7, 11) is 0. The first-order valence-corrected chi connectivity index (χ1v) is 17.3. The maximum atomic E-state index is 14.8. The fourth-order valence-corrected chi connectivity index (χ4v) is 8.59. The second kappa shape index (κ2) is 11.4. The topological polar surface area (TPSA) is 91.2 Å². The molecule has 4 aromatic rings. The quantitative estimate of drug-likeness (QED) is 0.247. The number of anilines is 3. The predicted molar refractivity (Wildman–Crippen MR) is 183 cm³/mol. The fourth-order valence-electron chi connectivity index (χ4n) is 8.59. The largest absolute Gasteiger partial charge is 0.336 e. The summed E-state index contributed by atoms with van der Waals surface area (Å²) in [4.78, 5) is 33.1. The van der Waals surface area contributed by atoms with E-state index in [1.165, 1.54) is 19.0 Å². The van der Waals surface area contributed by atoms with Crippen molar-refractivity contribution in [3.8, 4) is 11.3 Å². The van der Waals surface area contributed by atoms with Gasteiger partial charge in [-0.2, -0.15) is 0 Å². The van der Waals surface area contributed by atoms with Gasteiger partial charge in [-0.3, -0.25) is 14.7 Å². The summed E-state index contributed by atoms with van der Waals surface area (Å²) in [6, 6.07) is 10.9. The molecular formula is C37H45FN8O. The van der Waals surface area contributed by atoms with Crippen molar-refractivity contribution in [1.29, 1.82) is 0 Å². The number of aromatic nitrogens is 4. The molecule has 0 radical (unpaired) electrons. The zero-order valence-corrected chi connectivity index (χ0v) is 27.9. The molecule has 1 aliphatic carbocycles. The number of carbonyl (C=O) groups excluding carboxylic acids is 1. The highest BCUT2D eigenvalue weighted by molar-refractivity contribution is 6.09. The molecule has 3 aromatic heterocycles. The third-order valence-electron chi connectivity index (χ3n) is 11.2. The van der Waals surface area contributed by atoms with Crippen molar-refractivity contribution in [2.24, 2.45) is 5.41 Å². The number of nitrogens with one attached hydrogen (secondary N) is 2. The summed E-state index contributed by atoms with van der Waals surface area (Å²) in [6.45, 7) is 12.9. The van der Waals surface area contributed by atoms with Gasteiger partial charge in [-0.25, -0.2) is 14.4 Å². The van der Waals surface area contributed by atoms with Gasteiger partial charge in [0.1, 0.15) is 5.52 Å². The van der Waals surface area contributed by atoms with Crippen molar-refractivity contribution in [3.63, 3.8) is 0 Å². The van der Waals surface area contributed by atoms with E-state index in [9.17, 15) is 9.18 Å². The Morgan fingerprint density at radius 1 is 1.06 bits per heavy atom. The molecule has 9 nitrogen and oxygen atoms in total. The van der Waals surface area contributed by atoms with Gasteiger partial charge in [-0.15, -0.1) is 0 Å². The van der Waals surface area contributed by atoms with E-state index >= 15 is 0 Å². The molecule has 0 unspecified atom stereocenters. The van der Waals surface area contributed by atoms with Gasteiger partial charge in [0, 0.05) is 42.1 Å². The van der Waals surface area contributed by atoms with Crippen LogP contribution in [-0.2, 0) is 10.2 Å². The first kappa shape index (κ1) is 30.4. The van der Waals surface area contributed by atoms with Gasteiger partial charge in [-0.1, -0.05) is 26.0 Å². The smallest absolute Gasteiger partial charge is 0.238 e. The van der Waals surface area contributed by atoms with Gasteiger partial charge in [0.25, 0.3) is 0 Å². The number of fused-ring (bicyclic) bond motifs is 3. The molecular weight excluding hydrogens is 591 g/mol. The van der Waals surface area contributed by atoms with E-state index in [1.54, 1.807) is 12.3 Å². The number of benzene rings is 1. The lowest BCUT2D eigenvalue weighted by Gasteiger charge is -2.50. The zero-order valence-electron chi connectivity index (χ0n) is 27.9. The van der Waals surface area contributed by atoms with Crippen LogP contribution in [0.1, 0.15) is 77.8 Å². The van der Waals surface area contributed by atoms with E-state index in [-0.39, 0.29) is 18.0 Å². The lowest BCUT2D eigenvalue weighted by atomic mass is 9.73. The van der Waals surface area contributed by atoms with Crippen LogP contribution in [0, 0.1) is 11.2 Å². The van der Waals surface area contributed by atoms with Crippen LogP contribution in [0.4, 0.5) is 21.6 Å². The molecule has 1 amide bonds. The number of halogens is 1. The molecule has 1 spiro atoms. The van der Waals surface area contributed by atoms with Crippen LogP contribution in [-0.4, -0.2) is 68.6 Å². The molecule has 6 heterocycles. The molecule has 246 valence electrons. The molecule has 3 fully saturated rings. The van der Waals surface area contributed by atoms with Crippen LogP contribution in [0.5, 0.6) is 0 Å². The highest BCUT2D eigenvalue weighted by Gasteiger charge is 2.55. The first-order valence-electron chi connectivity index (χ1n) is 17.3. The highest BCUT2D eigenvalue weighted by atomic mass is 19.1. The SMILES string of the molecule is CC(C)n1cnc2cc(-c3ccc4c(c3)N([C@H]3C[C@@H](N5CCCC(C)(C)C5)C3)C(=O)C43CCNCC3)nc(Nc3ccncc3F)c21. The van der Waals surface area contributed by atoms with Crippen molar-refractivity contribution in [2.45, 2.75) is 89.8 Å². The molecule has 1 aromatic carbocycles. The van der Waals surface area contributed by atoms with Crippen molar-refractivity contribution in [3.05, 3.63) is 60.4 Å². The molecule has 47 heavy (non-hydrogen) atoms. The summed E-state index contributed by atoms with van der Waals surface area (Å²) >= 11 is 0. The van der Waals surface area contributed by atoms with Gasteiger partial charge in [-0.05, 0) is 101 Å². The van der Waals surface area contributed by atoms with Crippen LogP contribution in [0.25, 0.3) is 22.3 Å². The Morgan fingerprint density at radius 3 is 2.62 bits per heavy atom. The summed E-state index contributed by atoms with van der Waals surface area (Å²) < 4.78 is 16.8. The number of hydrogen-bond acceptors (Lipinski definition) is 7. The van der Waals surface area contributed by atoms with Gasteiger partial charge >= 0.3 is 0 Å². The molecule has 4 aliphatic rings. The van der Waals surface area contributed by atoms with Crippen LogP contribution in [0.15, 0.2) is 49.1 Å². The Labute approximate surface area is 276 Å². The summed E-state index contributed by atoms with van der Waals surface area (Å²) in [5, 5.41) is 6.71. The molecule has 3 aliphatic heterocycles. The number of rotatable bonds is 6. The number of likely N-dealkylation sites (tertiary alicyclic amines) is 1. The van der Waals surface area contributed by atoms with Crippen LogP contribution in [0.2, 0.25) is 0 Å². The number of piperidine rings is 2. The number of amides is 1. The maximum Gasteiger partial charge on any atom is 0.238 e. The lowest BCUT2D eigenvalue weighted by Crippen LogP contribution is -2.59. The molecule has 10 heteroatoms. The van der Waals surface area contributed by atoms with E-state index in [0.717, 1.165) is 85.4 Å². The lowest BCUT2D eigenvalue weighted by molar-refractivity contribution is -0.125. The minimum atomic E-state index is -0.476. The van der Waals surface area contributed by atoms with Crippen LogP contribution < -0.4 is 15.5 Å². The van der Waals surface area contributed by atoms with Crippen molar-refractivity contribution in [1.82, 2.24) is 29.7 Å². The highest BCUT2D eigenvalue weighted by Crippen LogP contribution is 2.51. The van der Waals surface area contributed by atoms with Crippen LogP contribution >= 0.6 is 0 Å². The second-order valence-electron chi connectivity index (χ2n) is 15.2. The van der Waals surface area contributed by atoms with Crippen LogP contribution in [0.3, 0.4) is 0 Å². The van der Waals surface area contributed by atoms with Gasteiger partial charge < -0.3 is 20.1 Å². The van der Waals surface area contributed by atoms with Gasteiger partial charge in [0.15, 0.2) is 11.6 Å². The Balaban J connectivity index is 1.18. The van der Waals surface area contributed by atoms with Gasteiger partial charge in [0.2, 0.25) is 5.91 Å². The van der Waals surface area contributed by atoms with E-state index in [1.807, 2.05) is 17.0 Å². The fraction of sp³-hybridized carbons (Fsp3) is 0.514. The van der Waals surface area contributed by atoms with Crippen molar-refractivity contribution >= 4 is 34.1 Å². The normalized spacial score (nSPS) is 23.8. The van der Waals surface area contributed by atoms with Gasteiger partial charge in [0.05, 0.1) is 34.8 Å². The van der Waals surface area contributed by atoms with E-state index in [4.69, 9.17) is 9.97 Å².